The number of nitrogens with zero attached hydrogens (tertiary/aromatic N) is 1. The first-order valence-electron chi connectivity index (χ1n) is 15.0. The third kappa shape index (κ3) is 4.59. The molecule has 1 aromatic carbocycles. The molecule has 1 amide bonds. The smallest absolute Gasteiger partial charge is 0.255 e. The van der Waals surface area contributed by atoms with Crippen LogP contribution in [0.1, 0.15) is 69.1 Å². The van der Waals surface area contributed by atoms with E-state index in [2.05, 4.69) is 5.32 Å². The molecule has 4 atom stereocenters. The molecule has 0 heterocycles. The largest absolute Gasteiger partial charge is 0.508 e. The van der Waals surface area contributed by atoms with Crippen LogP contribution in [0.2, 0.25) is 0 Å². The van der Waals surface area contributed by atoms with Crippen LogP contribution in [-0.2, 0) is 27.3 Å². The number of carbonyl (C=O) groups excluding carboxylic acids is 3. The van der Waals surface area contributed by atoms with E-state index in [1.807, 2.05) is 25.1 Å². The molecule has 228 valence electrons. The van der Waals surface area contributed by atoms with E-state index < -0.39 is 57.9 Å². The number of ketones is 2. The molecule has 2 saturated carbocycles. The molecule has 0 saturated heterocycles. The molecule has 1 aromatic rings. The Morgan fingerprint density at radius 3 is 2.40 bits per heavy atom. The number of anilines is 1. The number of amides is 1. The van der Waals surface area contributed by atoms with Crippen molar-refractivity contribution < 1.29 is 34.8 Å². The van der Waals surface area contributed by atoms with E-state index in [9.17, 15) is 34.8 Å². The second-order valence-electron chi connectivity index (χ2n) is 13.1. The van der Waals surface area contributed by atoms with E-state index in [0.29, 0.717) is 23.6 Å². The van der Waals surface area contributed by atoms with Gasteiger partial charge in [-0.15, -0.1) is 0 Å². The van der Waals surface area contributed by atoms with Gasteiger partial charge < -0.3 is 36.4 Å². The van der Waals surface area contributed by atoms with Gasteiger partial charge in [0.2, 0.25) is 5.78 Å². The molecule has 10 nitrogen and oxygen atoms in total. The Hall–Kier alpha value is -3.37. The van der Waals surface area contributed by atoms with E-state index in [1.54, 1.807) is 13.8 Å². The van der Waals surface area contributed by atoms with Gasteiger partial charge in [-0.3, -0.25) is 14.4 Å². The van der Waals surface area contributed by atoms with Crippen LogP contribution in [0.5, 0.6) is 5.75 Å². The van der Waals surface area contributed by atoms with Crippen molar-refractivity contribution in [3.8, 4) is 5.75 Å². The zero-order valence-corrected chi connectivity index (χ0v) is 24.9. The summed E-state index contributed by atoms with van der Waals surface area (Å²) >= 11 is 0. The van der Waals surface area contributed by atoms with Crippen molar-refractivity contribution in [2.75, 3.05) is 25.5 Å². The normalized spacial score (nSPS) is 28.1. The number of aromatic hydroxyl groups is 1. The number of carbonyl (C=O) groups is 3. The number of rotatable bonds is 7. The van der Waals surface area contributed by atoms with Crippen molar-refractivity contribution >= 4 is 28.9 Å². The van der Waals surface area contributed by atoms with Gasteiger partial charge in [0.1, 0.15) is 22.8 Å². The van der Waals surface area contributed by atoms with E-state index in [4.69, 9.17) is 5.73 Å². The summed E-state index contributed by atoms with van der Waals surface area (Å²) in [6, 6.07) is 1.90. The average Bonchev–Trinajstić information content (AvgIpc) is 2.92. The zero-order valence-electron chi connectivity index (χ0n) is 24.9. The number of nitrogens with two attached hydrogens (primary N) is 1. The number of Topliss-reactive ketones (excluding diaryl/α,β-unsaturated/α-hetero) is 2. The number of aliphatic hydroxyl groups excluding tert-OH is 2. The molecular formula is C32H43N3O7. The average molecular weight is 582 g/mol. The van der Waals surface area contributed by atoms with Gasteiger partial charge in [-0.2, -0.15) is 0 Å². The molecule has 42 heavy (non-hydrogen) atoms. The third-order valence-electron chi connectivity index (χ3n) is 9.98. The topological polar surface area (TPSA) is 173 Å². The van der Waals surface area contributed by atoms with Gasteiger partial charge in [-0.05, 0) is 61.6 Å². The minimum absolute atomic E-state index is 0.101. The van der Waals surface area contributed by atoms with Crippen LogP contribution in [0.4, 0.5) is 5.69 Å². The van der Waals surface area contributed by atoms with Crippen LogP contribution in [0, 0.1) is 29.6 Å². The molecule has 10 heteroatoms. The summed E-state index contributed by atoms with van der Waals surface area (Å²) in [6.07, 6.45) is 6.44. The van der Waals surface area contributed by atoms with Crippen molar-refractivity contribution in [1.29, 1.82) is 0 Å². The molecule has 0 bridgehead atoms. The molecule has 0 radical (unpaired) electrons. The monoisotopic (exact) mass is 581 g/mol. The third-order valence-corrected chi connectivity index (χ3v) is 9.98. The lowest BCUT2D eigenvalue weighted by Gasteiger charge is -2.50. The number of benzene rings is 1. The molecule has 2 fully saturated rings. The Bertz CT molecular complexity index is 1390. The van der Waals surface area contributed by atoms with E-state index in [-0.39, 0.29) is 35.6 Å². The Morgan fingerprint density at radius 1 is 1.14 bits per heavy atom. The quantitative estimate of drug-likeness (QED) is 0.265. The second kappa shape index (κ2) is 11.0. The number of fused-ring (bicyclic) bond motifs is 3. The number of aliphatic hydroxyl groups is 3. The predicted molar refractivity (Wildman–Crippen MR) is 158 cm³/mol. The maximum Gasteiger partial charge on any atom is 0.255 e. The summed E-state index contributed by atoms with van der Waals surface area (Å²) < 4.78 is 0. The van der Waals surface area contributed by atoms with Crippen LogP contribution in [0.15, 0.2) is 23.0 Å². The standard InChI is InChI=1S/C32H43N3O7/c1-15(2)22-20-11-17-10-19-21(35(3)4)12-18(14-34-13-16-8-6-5-7-9-16)26(36)24(19)28(38)23(17)29(39)32(20,42)30(40)25(27(22)37)31(33)41/h12,15-17,20,22,34,36,38,40,42H,5-11,13-14H2,1-4H3,(H2,33,41)/t17-,20-,22-,32-/m0/s1. The Labute approximate surface area is 246 Å². The van der Waals surface area contributed by atoms with Crippen molar-refractivity contribution in [3.63, 3.8) is 0 Å². The highest BCUT2D eigenvalue weighted by molar-refractivity contribution is 6.23. The van der Waals surface area contributed by atoms with Crippen molar-refractivity contribution in [3.05, 3.63) is 39.7 Å². The van der Waals surface area contributed by atoms with Crippen molar-refractivity contribution in [2.24, 2.45) is 35.3 Å². The van der Waals surface area contributed by atoms with Gasteiger partial charge >= 0.3 is 0 Å². The Balaban J connectivity index is 1.60. The lowest BCUT2D eigenvalue weighted by molar-refractivity contribution is -0.155. The molecule has 4 aliphatic rings. The summed E-state index contributed by atoms with van der Waals surface area (Å²) in [6.45, 7) is 4.68. The van der Waals surface area contributed by atoms with Crippen LogP contribution >= 0.6 is 0 Å². The number of hydrogen-bond donors (Lipinski definition) is 6. The van der Waals surface area contributed by atoms with Gasteiger partial charge in [0.25, 0.3) is 5.91 Å². The first kappa shape index (κ1) is 30.1. The highest BCUT2D eigenvalue weighted by Gasteiger charge is 2.64. The highest BCUT2D eigenvalue weighted by Crippen LogP contribution is 2.55. The molecule has 0 aromatic heterocycles. The predicted octanol–water partition coefficient (Wildman–Crippen LogP) is 3.04. The van der Waals surface area contributed by atoms with Gasteiger partial charge in [-0.25, -0.2) is 0 Å². The maximum atomic E-state index is 14.1. The van der Waals surface area contributed by atoms with Gasteiger partial charge in [0, 0.05) is 49.3 Å². The number of primary amides is 1. The van der Waals surface area contributed by atoms with Crippen molar-refractivity contribution in [2.45, 2.75) is 70.9 Å². The summed E-state index contributed by atoms with van der Waals surface area (Å²) in [5, 5.41) is 49.4. The highest BCUT2D eigenvalue weighted by atomic mass is 16.3. The second-order valence-corrected chi connectivity index (χ2v) is 13.1. The number of phenols is 1. The summed E-state index contributed by atoms with van der Waals surface area (Å²) in [5.74, 6) is -6.90. The number of hydrogen-bond acceptors (Lipinski definition) is 9. The maximum absolute atomic E-state index is 14.1. The summed E-state index contributed by atoms with van der Waals surface area (Å²) in [4.78, 5) is 41.5. The zero-order chi connectivity index (χ0) is 30.7. The SMILES string of the molecule is CC(C)[C@@H]1C(=O)C(C(N)=O)=C(O)[C@@]2(O)C(=O)C3=C(O)c4c(O)c(CNCC5CCCCC5)cc(N(C)C)c4C[C@H]3C[C@@H]12. The molecular weight excluding hydrogens is 538 g/mol. The van der Waals surface area contributed by atoms with Crippen LogP contribution in [0.25, 0.3) is 5.76 Å². The van der Waals surface area contributed by atoms with E-state index in [1.165, 1.54) is 32.1 Å². The molecule has 7 N–H and O–H groups in total. The van der Waals surface area contributed by atoms with Crippen LogP contribution in [0.3, 0.4) is 0 Å². The lowest BCUT2D eigenvalue weighted by atomic mass is 9.54. The first-order valence-corrected chi connectivity index (χ1v) is 15.0. The molecule has 0 unspecified atom stereocenters. The summed E-state index contributed by atoms with van der Waals surface area (Å²) in [7, 11) is 3.74. The lowest BCUT2D eigenvalue weighted by Crippen LogP contribution is -2.62. The molecule has 5 rings (SSSR count). The fourth-order valence-corrected chi connectivity index (χ4v) is 7.92. The van der Waals surface area contributed by atoms with Crippen LogP contribution < -0.4 is 16.0 Å². The first-order chi connectivity index (χ1) is 19.8. The fraction of sp³-hybridized carbons (Fsp3) is 0.594. The van der Waals surface area contributed by atoms with Crippen molar-refractivity contribution in [1.82, 2.24) is 5.32 Å². The molecule has 0 spiro atoms. The molecule has 0 aliphatic heterocycles. The van der Waals surface area contributed by atoms with Gasteiger partial charge in [-0.1, -0.05) is 33.1 Å². The molecule has 4 aliphatic carbocycles. The number of nitrogens with one attached hydrogen (secondary N) is 1. The minimum atomic E-state index is -2.61. The fourth-order valence-electron chi connectivity index (χ4n) is 7.92. The summed E-state index contributed by atoms with van der Waals surface area (Å²) in [5.41, 5.74) is 4.06. The van der Waals surface area contributed by atoms with E-state index >= 15 is 0 Å². The Kier molecular flexibility index (Phi) is 7.91. The Morgan fingerprint density at radius 2 is 1.81 bits per heavy atom. The van der Waals surface area contributed by atoms with Crippen LogP contribution in [-0.4, -0.2) is 64.1 Å². The minimum Gasteiger partial charge on any atom is -0.508 e. The van der Waals surface area contributed by atoms with Gasteiger partial charge in [0.15, 0.2) is 11.4 Å². The van der Waals surface area contributed by atoms with E-state index in [0.717, 1.165) is 12.2 Å². The van der Waals surface area contributed by atoms with Gasteiger partial charge in [0.05, 0.1) is 5.56 Å². The number of phenolic OH excluding ortho intramolecular Hbond substituents is 1.